The van der Waals surface area contributed by atoms with Crippen LogP contribution in [0.1, 0.15) is 15.2 Å². The third-order valence-corrected chi connectivity index (χ3v) is 3.12. The number of para-hydroxylation sites is 1. The molecule has 2 aromatic rings. The Labute approximate surface area is 109 Å². The van der Waals surface area contributed by atoms with Crippen LogP contribution in [0.25, 0.3) is 0 Å². The molecule has 18 heavy (non-hydrogen) atoms. The lowest BCUT2D eigenvalue weighted by Gasteiger charge is -2.02. The minimum Gasteiger partial charge on any atom is -0.496 e. The molecule has 0 bridgehead atoms. The summed E-state index contributed by atoms with van der Waals surface area (Å²) in [5.41, 5.74) is 3.28. The Morgan fingerprint density at radius 2 is 2.17 bits per heavy atom. The molecule has 0 aliphatic heterocycles. The first-order valence-electron chi connectivity index (χ1n) is 5.31. The SMILES string of the molecule is COc1ccccc1C=NNC(=O)c1cccs1. The molecular formula is C13H12N2O2S. The molecule has 0 aliphatic rings. The molecule has 0 unspecified atom stereocenters. The quantitative estimate of drug-likeness (QED) is 0.678. The van der Waals surface area contributed by atoms with Crippen LogP contribution in [0.5, 0.6) is 5.75 Å². The van der Waals surface area contributed by atoms with Gasteiger partial charge >= 0.3 is 0 Å². The molecule has 1 heterocycles. The maximum Gasteiger partial charge on any atom is 0.281 e. The Bertz CT molecular complexity index is 550. The molecule has 1 aromatic carbocycles. The van der Waals surface area contributed by atoms with E-state index in [9.17, 15) is 4.79 Å². The maximum absolute atomic E-state index is 11.6. The van der Waals surface area contributed by atoms with Crippen molar-refractivity contribution in [2.75, 3.05) is 7.11 Å². The highest BCUT2D eigenvalue weighted by Gasteiger charge is 2.04. The van der Waals surface area contributed by atoms with Gasteiger partial charge < -0.3 is 4.74 Å². The highest BCUT2D eigenvalue weighted by Crippen LogP contribution is 2.14. The molecule has 0 radical (unpaired) electrons. The topological polar surface area (TPSA) is 50.7 Å². The largest absolute Gasteiger partial charge is 0.496 e. The number of hydrogen-bond donors (Lipinski definition) is 1. The first kappa shape index (κ1) is 12.3. The van der Waals surface area contributed by atoms with Crippen molar-refractivity contribution < 1.29 is 9.53 Å². The summed E-state index contributed by atoms with van der Waals surface area (Å²) >= 11 is 1.37. The van der Waals surface area contributed by atoms with Crippen molar-refractivity contribution in [3.05, 3.63) is 52.2 Å². The third-order valence-electron chi connectivity index (χ3n) is 2.25. The van der Waals surface area contributed by atoms with Gasteiger partial charge in [0.2, 0.25) is 0 Å². The lowest BCUT2D eigenvalue weighted by Crippen LogP contribution is -2.16. The van der Waals surface area contributed by atoms with E-state index < -0.39 is 0 Å². The monoisotopic (exact) mass is 260 g/mol. The normalized spacial score (nSPS) is 10.5. The first-order valence-corrected chi connectivity index (χ1v) is 6.19. The van der Waals surface area contributed by atoms with E-state index in [-0.39, 0.29) is 5.91 Å². The zero-order chi connectivity index (χ0) is 12.8. The van der Waals surface area contributed by atoms with Gasteiger partial charge in [-0.25, -0.2) is 5.43 Å². The summed E-state index contributed by atoms with van der Waals surface area (Å²) in [4.78, 5) is 12.2. The fourth-order valence-electron chi connectivity index (χ4n) is 1.40. The maximum atomic E-state index is 11.6. The van der Waals surface area contributed by atoms with Crippen molar-refractivity contribution in [3.63, 3.8) is 0 Å². The lowest BCUT2D eigenvalue weighted by molar-refractivity contribution is 0.0959. The van der Waals surface area contributed by atoms with E-state index >= 15 is 0 Å². The van der Waals surface area contributed by atoms with Crippen LogP contribution in [0.2, 0.25) is 0 Å². The third kappa shape index (κ3) is 2.95. The number of carbonyl (C=O) groups excluding carboxylic acids is 1. The lowest BCUT2D eigenvalue weighted by atomic mass is 10.2. The Hall–Kier alpha value is -2.14. The average molecular weight is 260 g/mol. The number of hydrogen-bond acceptors (Lipinski definition) is 4. The Kier molecular flexibility index (Phi) is 4.09. The predicted octanol–water partition coefficient (Wildman–Crippen LogP) is 2.52. The van der Waals surface area contributed by atoms with E-state index in [1.54, 1.807) is 19.4 Å². The van der Waals surface area contributed by atoms with Crippen molar-refractivity contribution >= 4 is 23.5 Å². The minimum atomic E-state index is -0.212. The second-order valence-electron chi connectivity index (χ2n) is 3.42. The molecule has 0 fully saturated rings. The Morgan fingerprint density at radius 1 is 1.33 bits per heavy atom. The number of benzene rings is 1. The Morgan fingerprint density at radius 3 is 2.89 bits per heavy atom. The summed E-state index contributed by atoms with van der Waals surface area (Å²) < 4.78 is 5.17. The average Bonchev–Trinajstić information content (AvgIpc) is 2.93. The zero-order valence-electron chi connectivity index (χ0n) is 9.79. The van der Waals surface area contributed by atoms with Crippen LogP contribution in [-0.2, 0) is 0 Å². The van der Waals surface area contributed by atoms with Gasteiger partial charge in [0.15, 0.2) is 0 Å². The summed E-state index contributed by atoms with van der Waals surface area (Å²) in [5, 5.41) is 5.75. The molecule has 0 saturated heterocycles. The van der Waals surface area contributed by atoms with E-state index in [1.807, 2.05) is 35.7 Å². The molecule has 4 nitrogen and oxygen atoms in total. The summed E-state index contributed by atoms with van der Waals surface area (Å²) in [5.74, 6) is 0.503. The standard InChI is InChI=1S/C13H12N2O2S/c1-17-11-6-3-2-5-10(11)9-14-15-13(16)12-7-4-8-18-12/h2-9H,1H3,(H,15,16). The molecule has 92 valence electrons. The second-order valence-corrected chi connectivity index (χ2v) is 4.37. The van der Waals surface area contributed by atoms with Gasteiger partial charge in [0, 0.05) is 5.56 Å². The number of hydrazone groups is 1. The molecule has 2 rings (SSSR count). The highest BCUT2D eigenvalue weighted by molar-refractivity contribution is 7.12. The van der Waals surface area contributed by atoms with Crippen LogP contribution in [0.15, 0.2) is 46.9 Å². The highest BCUT2D eigenvalue weighted by atomic mass is 32.1. The number of carbonyl (C=O) groups is 1. The molecular weight excluding hydrogens is 248 g/mol. The molecule has 1 amide bonds. The van der Waals surface area contributed by atoms with Crippen LogP contribution in [0.3, 0.4) is 0 Å². The van der Waals surface area contributed by atoms with Crippen LogP contribution >= 0.6 is 11.3 Å². The summed E-state index contributed by atoms with van der Waals surface area (Å²) in [6, 6.07) is 11.0. The molecule has 1 N–H and O–H groups in total. The number of thiophene rings is 1. The van der Waals surface area contributed by atoms with Gasteiger partial charge in [0.05, 0.1) is 18.2 Å². The minimum absolute atomic E-state index is 0.212. The number of methoxy groups -OCH3 is 1. The number of nitrogens with one attached hydrogen (secondary N) is 1. The predicted molar refractivity (Wildman–Crippen MR) is 72.4 cm³/mol. The van der Waals surface area contributed by atoms with E-state index in [0.29, 0.717) is 10.6 Å². The van der Waals surface area contributed by atoms with Gasteiger partial charge in [0.1, 0.15) is 5.75 Å². The fraction of sp³-hybridized carbons (Fsp3) is 0.0769. The number of amides is 1. The molecule has 0 atom stereocenters. The van der Waals surface area contributed by atoms with Crippen LogP contribution in [0, 0.1) is 0 Å². The van der Waals surface area contributed by atoms with E-state index in [2.05, 4.69) is 10.5 Å². The van der Waals surface area contributed by atoms with Crippen LogP contribution in [-0.4, -0.2) is 19.2 Å². The van der Waals surface area contributed by atoms with Gasteiger partial charge in [-0.2, -0.15) is 5.10 Å². The Balaban J connectivity index is 2.01. The van der Waals surface area contributed by atoms with Gasteiger partial charge in [-0.1, -0.05) is 18.2 Å². The molecule has 0 aliphatic carbocycles. The van der Waals surface area contributed by atoms with Gasteiger partial charge in [-0.05, 0) is 23.6 Å². The van der Waals surface area contributed by atoms with Crippen molar-refractivity contribution in [1.82, 2.24) is 5.43 Å². The smallest absolute Gasteiger partial charge is 0.281 e. The van der Waals surface area contributed by atoms with E-state index in [4.69, 9.17) is 4.74 Å². The first-order chi connectivity index (χ1) is 8.81. The molecule has 5 heteroatoms. The van der Waals surface area contributed by atoms with Crippen molar-refractivity contribution in [2.45, 2.75) is 0 Å². The second kappa shape index (κ2) is 5.97. The van der Waals surface area contributed by atoms with Crippen molar-refractivity contribution in [2.24, 2.45) is 5.10 Å². The van der Waals surface area contributed by atoms with Gasteiger partial charge in [-0.3, -0.25) is 4.79 Å². The van der Waals surface area contributed by atoms with E-state index in [1.165, 1.54) is 11.3 Å². The zero-order valence-corrected chi connectivity index (χ0v) is 10.6. The van der Waals surface area contributed by atoms with Crippen molar-refractivity contribution in [1.29, 1.82) is 0 Å². The summed E-state index contributed by atoms with van der Waals surface area (Å²) in [6.45, 7) is 0. The van der Waals surface area contributed by atoms with Crippen LogP contribution in [0.4, 0.5) is 0 Å². The number of nitrogens with zero attached hydrogens (tertiary/aromatic N) is 1. The van der Waals surface area contributed by atoms with Gasteiger partial charge in [-0.15, -0.1) is 11.3 Å². The van der Waals surface area contributed by atoms with E-state index in [0.717, 1.165) is 5.56 Å². The fourth-order valence-corrected chi connectivity index (χ4v) is 2.01. The number of rotatable bonds is 4. The number of ether oxygens (including phenoxy) is 1. The molecule has 1 aromatic heterocycles. The molecule has 0 saturated carbocycles. The summed E-state index contributed by atoms with van der Waals surface area (Å²) in [7, 11) is 1.59. The molecule has 0 spiro atoms. The van der Waals surface area contributed by atoms with Crippen LogP contribution < -0.4 is 10.2 Å². The van der Waals surface area contributed by atoms with Crippen molar-refractivity contribution in [3.8, 4) is 5.75 Å². The summed E-state index contributed by atoms with van der Waals surface area (Å²) in [6.07, 6.45) is 1.56. The van der Waals surface area contributed by atoms with Gasteiger partial charge in [0.25, 0.3) is 5.91 Å².